The normalized spacial score (nSPS) is 11.1. The molecule has 0 saturated heterocycles. The highest BCUT2D eigenvalue weighted by Gasteiger charge is 2.12. The summed E-state index contributed by atoms with van der Waals surface area (Å²) in [6, 6.07) is 14.3. The number of aromatic nitrogens is 4. The van der Waals surface area contributed by atoms with E-state index < -0.39 is 0 Å². The average molecular weight is 327 g/mol. The van der Waals surface area contributed by atoms with E-state index in [1.54, 1.807) is 4.68 Å². The van der Waals surface area contributed by atoms with Gasteiger partial charge in [-0.2, -0.15) is 4.68 Å². The Morgan fingerprint density at radius 3 is 2.78 bits per heavy atom. The molecule has 3 aromatic rings. The highest BCUT2D eigenvalue weighted by atomic mass is 32.2. The Hall–Kier alpha value is -2.41. The lowest BCUT2D eigenvalue weighted by Crippen LogP contribution is -2.31. The first-order valence-electron chi connectivity index (χ1n) is 7.33. The van der Waals surface area contributed by atoms with E-state index in [2.05, 4.69) is 26.9 Å². The first-order chi connectivity index (χ1) is 11.1. The number of thioether (sulfide) groups is 1. The molecule has 1 heterocycles. The summed E-state index contributed by atoms with van der Waals surface area (Å²) in [5.74, 6) is 0.254. The molecule has 1 N–H and O–H groups in total. The molecule has 3 rings (SSSR count). The fourth-order valence-electron chi connectivity index (χ4n) is 2.23. The number of nitrogens with zero attached hydrogens (tertiary/aromatic N) is 4. The lowest BCUT2D eigenvalue weighted by atomic mass is 10.1. The number of amides is 1. The van der Waals surface area contributed by atoms with Crippen molar-refractivity contribution in [1.82, 2.24) is 25.5 Å². The third kappa shape index (κ3) is 3.68. The van der Waals surface area contributed by atoms with Crippen LogP contribution in [0.4, 0.5) is 0 Å². The molecule has 1 aromatic heterocycles. The molecule has 23 heavy (non-hydrogen) atoms. The van der Waals surface area contributed by atoms with Crippen molar-refractivity contribution in [2.24, 2.45) is 0 Å². The molecule has 0 unspecified atom stereocenters. The van der Waals surface area contributed by atoms with Crippen LogP contribution < -0.4 is 5.32 Å². The lowest BCUT2D eigenvalue weighted by Gasteiger charge is -2.08. The maximum atomic E-state index is 11.8. The van der Waals surface area contributed by atoms with Gasteiger partial charge in [0.05, 0.1) is 11.4 Å². The SMILES string of the molecule is CC(C)NC(=O)CSc1nnnn1-c1ccc2ccccc2c1. The Labute approximate surface area is 138 Å². The molecule has 118 valence electrons. The summed E-state index contributed by atoms with van der Waals surface area (Å²) < 4.78 is 1.65. The first kappa shape index (κ1) is 15.5. The molecule has 0 aliphatic rings. The summed E-state index contributed by atoms with van der Waals surface area (Å²) in [5, 5.41) is 17.5. The van der Waals surface area contributed by atoms with Crippen LogP contribution in [0.2, 0.25) is 0 Å². The van der Waals surface area contributed by atoms with Gasteiger partial charge >= 0.3 is 0 Å². The molecule has 7 heteroatoms. The maximum absolute atomic E-state index is 11.8. The van der Waals surface area contributed by atoms with Crippen LogP contribution in [-0.2, 0) is 4.79 Å². The predicted octanol–water partition coefficient (Wildman–Crippen LogP) is 2.43. The molecule has 0 radical (unpaired) electrons. The molecule has 0 fully saturated rings. The van der Waals surface area contributed by atoms with E-state index in [1.807, 2.05) is 50.2 Å². The third-order valence-electron chi connectivity index (χ3n) is 3.20. The largest absolute Gasteiger partial charge is 0.353 e. The molecule has 0 aliphatic carbocycles. The quantitative estimate of drug-likeness (QED) is 0.729. The number of carbonyl (C=O) groups is 1. The summed E-state index contributed by atoms with van der Waals surface area (Å²) in [6.07, 6.45) is 0. The van der Waals surface area contributed by atoms with E-state index in [4.69, 9.17) is 0 Å². The number of benzene rings is 2. The van der Waals surface area contributed by atoms with Gasteiger partial charge in [0.2, 0.25) is 11.1 Å². The molecule has 6 nitrogen and oxygen atoms in total. The number of carbonyl (C=O) groups excluding carboxylic acids is 1. The molecular formula is C16H17N5OS. The number of hydrogen-bond donors (Lipinski definition) is 1. The first-order valence-corrected chi connectivity index (χ1v) is 8.32. The molecule has 0 bridgehead atoms. The second-order valence-corrected chi connectivity index (χ2v) is 6.36. The van der Waals surface area contributed by atoms with Gasteiger partial charge in [-0.05, 0) is 47.2 Å². The van der Waals surface area contributed by atoms with Gasteiger partial charge in [-0.25, -0.2) is 0 Å². The zero-order valence-corrected chi connectivity index (χ0v) is 13.7. The molecule has 0 aliphatic heterocycles. The summed E-state index contributed by atoms with van der Waals surface area (Å²) in [7, 11) is 0. The molecule has 0 saturated carbocycles. The van der Waals surface area contributed by atoms with Gasteiger partial charge < -0.3 is 5.32 Å². The van der Waals surface area contributed by atoms with Crippen molar-refractivity contribution in [2.75, 3.05) is 5.75 Å². The second kappa shape index (κ2) is 6.78. The Morgan fingerprint density at radius 2 is 2.00 bits per heavy atom. The van der Waals surface area contributed by atoms with Gasteiger partial charge in [0.1, 0.15) is 0 Å². The van der Waals surface area contributed by atoms with Crippen molar-refractivity contribution in [3.05, 3.63) is 42.5 Å². The van der Waals surface area contributed by atoms with E-state index in [9.17, 15) is 4.79 Å². The van der Waals surface area contributed by atoms with Gasteiger partial charge in [-0.3, -0.25) is 4.79 Å². The standard InChI is InChI=1S/C16H17N5OS/c1-11(2)17-15(22)10-23-16-18-19-20-21(16)14-8-7-12-5-3-4-6-13(12)9-14/h3-9,11H,10H2,1-2H3,(H,17,22). The van der Waals surface area contributed by atoms with Crippen LogP contribution in [0.25, 0.3) is 16.5 Å². The minimum Gasteiger partial charge on any atom is -0.353 e. The highest BCUT2D eigenvalue weighted by molar-refractivity contribution is 7.99. The van der Waals surface area contributed by atoms with E-state index in [1.165, 1.54) is 11.8 Å². The van der Waals surface area contributed by atoms with E-state index in [0.29, 0.717) is 5.16 Å². The Bertz CT molecular complexity index is 830. The van der Waals surface area contributed by atoms with Gasteiger partial charge in [0, 0.05) is 6.04 Å². The summed E-state index contributed by atoms with van der Waals surface area (Å²) in [4.78, 5) is 11.8. The van der Waals surface area contributed by atoms with Crippen molar-refractivity contribution in [2.45, 2.75) is 25.0 Å². The van der Waals surface area contributed by atoms with Gasteiger partial charge in [-0.1, -0.05) is 42.1 Å². The molecule has 0 atom stereocenters. The number of tetrazole rings is 1. The van der Waals surface area contributed by atoms with Gasteiger partial charge in [0.15, 0.2) is 0 Å². The fourth-order valence-corrected chi connectivity index (χ4v) is 2.94. The lowest BCUT2D eigenvalue weighted by molar-refractivity contribution is -0.119. The zero-order chi connectivity index (χ0) is 16.2. The molecular weight excluding hydrogens is 310 g/mol. The van der Waals surface area contributed by atoms with Gasteiger partial charge in [0.25, 0.3) is 0 Å². The third-order valence-corrected chi connectivity index (χ3v) is 4.12. The molecule has 1 amide bonds. The topological polar surface area (TPSA) is 72.7 Å². The summed E-state index contributed by atoms with van der Waals surface area (Å²) in [5.41, 5.74) is 0.875. The van der Waals surface area contributed by atoms with Crippen LogP contribution in [0, 0.1) is 0 Å². The van der Waals surface area contributed by atoms with Crippen LogP contribution in [0.3, 0.4) is 0 Å². The van der Waals surface area contributed by atoms with Crippen LogP contribution in [0.15, 0.2) is 47.6 Å². The summed E-state index contributed by atoms with van der Waals surface area (Å²) >= 11 is 1.32. The van der Waals surface area contributed by atoms with Crippen LogP contribution in [0.1, 0.15) is 13.8 Å². The zero-order valence-electron chi connectivity index (χ0n) is 12.9. The van der Waals surface area contributed by atoms with Crippen molar-refractivity contribution in [1.29, 1.82) is 0 Å². The number of fused-ring (bicyclic) bond motifs is 1. The predicted molar refractivity (Wildman–Crippen MR) is 90.7 cm³/mol. The van der Waals surface area contributed by atoms with Gasteiger partial charge in [-0.15, -0.1) is 5.10 Å². The van der Waals surface area contributed by atoms with Crippen molar-refractivity contribution in [3.8, 4) is 5.69 Å². The Kier molecular flexibility index (Phi) is 4.57. The van der Waals surface area contributed by atoms with Crippen molar-refractivity contribution < 1.29 is 4.79 Å². The molecule has 2 aromatic carbocycles. The maximum Gasteiger partial charge on any atom is 0.230 e. The van der Waals surface area contributed by atoms with Crippen LogP contribution in [0.5, 0.6) is 0 Å². The van der Waals surface area contributed by atoms with E-state index in [0.717, 1.165) is 16.5 Å². The summed E-state index contributed by atoms with van der Waals surface area (Å²) in [6.45, 7) is 3.86. The van der Waals surface area contributed by atoms with E-state index >= 15 is 0 Å². The second-order valence-electron chi connectivity index (χ2n) is 5.42. The van der Waals surface area contributed by atoms with Crippen molar-refractivity contribution in [3.63, 3.8) is 0 Å². The smallest absolute Gasteiger partial charge is 0.230 e. The average Bonchev–Trinajstić information content (AvgIpc) is 3.00. The number of hydrogen-bond acceptors (Lipinski definition) is 5. The van der Waals surface area contributed by atoms with Crippen molar-refractivity contribution >= 4 is 28.4 Å². The monoisotopic (exact) mass is 327 g/mol. The minimum absolute atomic E-state index is 0.0296. The van der Waals surface area contributed by atoms with E-state index in [-0.39, 0.29) is 17.7 Å². The number of nitrogens with one attached hydrogen (secondary N) is 1. The fraction of sp³-hybridized carbons (Fsp3) is 0.250. The van der Waals surface area contributed by atoms with Crippen LogP contribution in [-0.4, -0.2) is 37.9 Å². The minimum atomic E-state index is -0.0296. The molecule has 0 spiro atoms. The van der Waals surface area contributed by atoms with Crippen LogP contribution >= 0.6 is 11.8 Å². The Morgan fingerprint density at radius 1 is 1.22 bits per heavy atom. The highest BCUT2D eigenvalue weighted by Crippen LogP contribution is 2.22. The Balaban J connectivity index is 1.80. The number of rotatable bonds is 5.